The molecule has 1 fully saturated rings. The fourth-order valence-corrected chi connectivity index (χ4v) is 10.2. The summed E-state index contributed by atoms with van der Waals surface area (Å²) >= 11 is 0. The zero-order chi connectivity index (χ0) is 55.5. The molecule has 1 aliphatic heterocycles. The molecule has 13 nitrogen and oxygen atoms in total. The number of esters is 2. The Bertz CT molecular complexity index is 1240. The number of aliphatic hydroxyl groups is 1. The normalized spacial score (nSPS) is 12.9. The number of rotatable bonds is 55. The molecule has 1 heterocycles. The molecule has 0 saturated carbocycles. The van der Waals surface area contributed by atoms with Crippen LogP contribution < -0.4 is 0 Å². The predicted molar refractivity (Wildman–Crippen MR) is 314 cm³/mol. The number of ether oxygens (including phenoxy) is 4. The van der Waals surface area contributed by atoms with Gasteiger partial charge in [0.1, 0.15) is 13.2 Å². The van der Waals surface area contributed by atoms with Gasteiger partial charge in [0.25, 0.3) is 0 Å². The molecule has 2 amide bonds. The minimum atomic E-state index is -0.297. The lowest BCUT2D eigenvalue weighted by molar-refractivity contribution is -0.146. The highest BCUT2D eigenvalue weighted by atomic mass is 16.6. The summed E-state index contributed by atoms with van der Waals surface area (Å²) in [5, 5.41) is 9.94. The molecule has 0 aromatic carbocycles. The lowest BCUT2D eigenvalue weighted by Gasteiger charge is -2.37. The van der Waals surface area contributed by atoms with Crippen molar-refractivity contribution in [1.29, 1.82) is 0 Å². The molecule has 0 unspecified atom stereocenters. The molecular weight excluding hydrogens is 957 g/mol. The van der Waals surface area contributed by atoms with Crippen LogP contribution in [-0.2, 0) is 28.5 Å². The monoisotopic (exact) mass is 1080 g/mol. The quantitative estimate of drug-likeness (QED) is 0.0354. The Morgan fingerprint density at radius 1 is 0.408 bits per heavy atom. The number of β-amino-alcohol motifs (C(OH)–C–C–N with tert-alkyl or cyclic N) is 1. The van der Waals surface area contributed by atoms with Gasteiger partial charge in [-0.05, 0) is 76.0 Å². The van der Waals surface area contributed by atoms with Crippen LogP contribution in [0.1, 0.15) is 273 Å². The molecule has 0 radical (unpaired) electrons. The number of carbonyl (C=O) groups excluding carboxylic acids is 4. The SMILES string of the molecule is CCCCCCCCN(CCCCCC(=O)OCC(CCCCC)CCCCC)C(=O)OCCN(CCOC(=O)N(CCCCCCCC)CCCCCC(=O)OCC(CCCCC)CCCCC)CCN1CC(O)C1. The number of hydrogen-bond donors (Lipinski definition) is 1. The Hall–Kier alpha value is -2.64. The molecule has 1 rings (SSSR count). The number of unbranched alkanes of at least 4 members (excludes halogenated alkanes) is 22. The summed E-state index contributed by atoms with van der Waals surface area (Å²) in [6, 6.07) is 0. The standard InChI is InChI=1S/C63H122N4O9/c1-7-13-19-21-23-33-43-66(45-35-25-31-41-60(69)75-55-57(37-27-15-9-3)38-28-16-10-4)62(71)73-51-49-64(47-48-65-53-59(68)54-65)50-52-74-63(72)67(44-34-24-22-20-14-8-2)46-36-26-32-42-61(70)76-56-58(39-29-17-11-5)40-30-18-12-6/h57-59,68H,7-56H2,1-6H3. The number of hydrogen-bond acceptors (Lipinski definition) is 11. The van der Waals surface area contributed by atoms with Crippen LogP contribution >= 0.6 is 0 Å². The maximum atomic E-state index is 13.7. The van der Waals surface area contributed by atoms with Crippen molar-refractivity contribution in [2.75, 3.05) is 91.9 Å². The van der Waals surface area contributed by atoms with E-state index in [0.717, 1.165) is 96.4 Å². The van der Waals surface area contributed by atoms with Crippen LogP contribution in [0.15, 0.2) is 0 Å². The van der Waals surface area contributed by atoms with Crippen molar-refractivity contribution < 1.29 is 43.2 Å². The molecule has 1 saturated heterocycles. The predicted octanol–water partition coefficient (Wildman–Crippen LogP) is 15.3. The van der Waals surface area contributed by atoms with Crippen LogP contribution in [0.5, 0.6) is 0 Å². The van der Waals surface area contributed by atoms with E-state index in [9.17, 15) is 24.3 Å². The van der Waals surface area contributed by atoms with Gasteiger partial charge < -0.3 is 33.9 Å². The van der Waals surface area contributed by atoms with E-state index in [0.29, 0.717) is 96.8 Å². The van der Waals surface area contributed by atoms with Gasteiger partial charge in [-0.2, -0.15) is 0 Å². The minimum absolute atomic E-state index is 0.106. The first-order chi connectivity index (χ1) is 37.1. The van der Waals surface area contributed by atoms with E-state index >= 15 is 0 Å². The number of nitrogens with zero attached hydrogens (tertiary/aromatic N) is 4. The molecule has 0 spiro atoms. The Kier molecular flexibility index (Phi) is 48.6. The van der Waals surface area contributed by atoms with Gasteiger partial charge in [-0.25, -0.2) is 9.59 Å². The zero-order valence-electron chi connectivity index (χ0n) is 50.6. The van der Waals surface area contributed by atoms with Crippen LogP contribution in [0.25, 0.3) is 0 Å². The molecule has 0 aliphatic carbocycles. The molecule has 1 aliphatic rings. The van der Waals surface area contributed by atoms with Crippen LogP contribution in [0.3, 0.4) is 0 Å². The van der Waals surface area contributed by atoms with E-state index in [4.69, 9.17) is 18.9 Å². The minimum Gasteiger partial charge on any atom is -0.465 e. The van der Waals surface area contributed by atoms with E-state index in [1.807, 2.05) is 9.80 Å². The third-order valence-corrected chi connectivity index (χ3v) is 15.5. The van der Waals surface area contributed by atoms with Crippen molar-refractivity contribution in [2.24, 2.45) is 11.8 Å². The van der Waals surface area contributed by atoms with Gasteiger partial charge in [0.2, 0.25) is 0 Å². The van der Waals surface area contributed by atoms with Crippen molar-refractivity contribution in [3.05, 3.63) is 0 Å². The van der Waals surface area contributed by atoms with Crippen LogP contribution in [-0.4, -0.2) is 147 Å². The summed E-state index contributed by atoms with van der Waals surface area (Å²) in [6.45, 7) is 21.2. The molecule has 76 heavy (non-hydrogen) atoms. The van der Waals surface area contributed by atoms with Gasteiger partial charge in [0.05, 0.1) is 19.3 Å². The zero-order valence-corrected chi connectivity index (χ0v) is 50.6. The highest BCUT2D eigenvalue weighted by Gasteiger charge is 2.25. The highest BCUT2D eigenvalue weighted by Crippen LogP contribution is 2.21. The van der Waals surface area contributed by atoms with Gasteiger partial charge in [-0.3, -0.25) is 19.4 Å². The van der Waals surface area contributed by atoms with Gasteiger partial charge in [0, 0.05) is 78.3 Å². The Morgan fingerprint density at radius 2 is 0.724 bits per heavy atom. The van der Waals surface area contributed by atoms with Gasteiger partial charge >= 0.3 is 24.1 Å². The van der Waals surface area contributed by atoms with Gasteiger partial charge in [-0.15, -0.1) is 0 Å². The number of amides is 2. The second-order valence-electron chi connectivity index (χ2n) is 22.7. The van der Waals surface area contributed by atoms with E-state index in [1.165, 1.54) is 128 Å². The fraction of sp³-hybridized carbons (Fsp3) is 0.937. The fourth-order valence-electron chi connectivity index (χ4n) is 10.2. The molecule has 0 atom stereocenters. The Labute approximate surface area is 467 Å². The van der Waals surface area contributed by atoms with Crippen LogP contribution in [0.2, 0.25) is 0 Å². The summed E-state index contributed by atoms with van der Waals surface area (Å²) < 4.78 is 23.5. The summed E-state index contributed by atoms with van der Waals surface area (Å²) in [5.41, 5.74) is 0. The summed E-state index contributed by atoms with van der Waals surface area (Å²) in [5.74, 6) is 0.704. The first kappa shape index (κ1) is 71.4. The lowest BCUT2D eigenvalue weighted by Crippen LogP contribution is -2.53. The van der Waals surface area contributed by atoms with E-state index < -0.39 is 0 Å². The van der Waals surface area contributed by atoms with Crippen molar-refractivity contribution in [3.63, 3.8) is 0 Å². The highest BCUT2D eigenvalue weighted by molar-refractivity contribution is 5.70. The number of aliphatic hydroxyl groups excluding tert-OH is 1. The molecule has 448 valence electrons. The van der Waals surface area contributed by atoms with Gasteiger partial charge in [0.15, 0.2) is 0 Å². The summed E-state index contributed by atoms with van der Waals surface area (Å²) in [7, 11) is 0. The summed E-state index contributed by atoms with van der Waals surface area (Å²) in [6.07, 6.45) is 37.4. The number of carbonyl (C=O) groups is 4. The Balaban J connectivity index is 2.78. The van der Waals surface area contributed by atoms with Crippen molar-refractivity contribution in [2.45, 2.75) is 279 Å². The topological polar surface area (TPSA) is 138 Å². The van der Waals surface area contributed by atoms with E-state index in [1.54, 1.807) is 0 Å². The Morgan fingerprint density at radius 3 is 1.07 bits per heavy atom. The maximum Gasteiger partial charge on any atom is 0.409 e. The van der Waals surface area contributed by atoms with Crippen molar-refractivity contribution in [3.8, 4) is 0 Å². The average molecular weight is 1080 g/mol. The molecule has 1 N–H and O–H groups in total. The van der Waals surface area contributed by atoms with E-state index in [2.05, 4.69) is 51.3 Å². The van der Waals surface area contributed by atoms with Crippen LogP contribution in [0.4, 0.5) is 9.59 Å². The van der Waals surface area contributed by atoms with Crippen molar-refractivity contribution in [1.82, 2.24) is 19.6 Å². The molecular formula is C63H122N4O9. The van der Waals surface area contributed by atoms with E-state index in [-0.39, 0.29) is 43.4 Å². The number of likely N-dealkylation sites (tertiary alicyclic amines) is 1. The third kappa shape index (κ3) is 41.4. The summed E-state index contributed by atoms with van der Waals surface area (Å²) in [4.78, 5) is 60.9. The largest absolute Gasteiger partial charge is 0.465 e. The maximum absolute atomic E-state index is 13.7. The average Bonchev–Trinajstić information content (AvgIpc) is 3.40. The van der Waals surface area contributed by atoms with Crippen molar-refractivity contribution >= 4 is 24.1 Å². The van der Waals surface area contributed by atoms with Gasteiger partial charge in [-0.1, -0.05) is 196 Å². The molecule has 13 heteroatoms. The van der Waals surface area contributed by atoms with Crippen LogP contribution in [0, 0.1) is 11.8 Å². The molecule has 0 aromatic rings. The first-order valence-electron chi connectivity index (χ1n) is 32.4. The smallest absolute Gasteiger partial charge is 0.409 e. The molecule has 0 aromatic heterocycles. The molecule has 0 bridgehead atoms. The third-order valence-electron chi connectivity index (χ3n) is 15.5. The second kappa shape index (κ2) is 51.8. The second-order valence-corrected chi connectivity index (χ2v) is 22.7. The first-order valence-corrected chi connectivity index (χ1v) is 32.4. The lowest BCUT2D eigenvalue weighted by atomic mass is 9.96.